The van der Waals surface area contributed by atoms with E-state index in [0.717, 1.165) is 12.3 Å². The molecule has 9 heteroatoms. The van der Waals surface area contributed by atoms with Crippen molar-refractivity contribution in [2.45, 2.75) is 19.9 Å². The molecule has 0 spiro atoms. The van der Waals surface area contributed by atoms with Crippen LogP contribution in [0.3, 0.4) is 0 Å². The second-order valence-electron chi connectivity index (χ2n) is 4.31. The zero-order chi connectivity index (χ0) is 15.4. The Morgan fingerprint density at radius 1 is 1.55 bits per heavy atom. The van der Waals surface area contributed by atoms with Crippen molar-refractivity contribution in [1.82, 2.24) is 4.98 Å². The van der Waals surface area contributed by atoms with Gasteiger partial charge < -0.3 is 15.7 Å². The minimum atomic E-state index is -1.44. The van der Waals surface area contributed by atoms with Gasteiger partial charge in [0.2, 0.25) is 5.91 Å². The number of amides is 1. The molecule has 0 unspecified atom stereocenters. The minimum Gasteiger partial charge on any atom is -0.477 e. The van der Waals surface area contributed by atoms with Crippen LogP contribution in [0.5, 0.6) is 0 Å². The van der Waals surface area contributed by atoms with Gasteiger partial charge in [-0.05, 0) is 13.8 Å². The van der Waals surface area contributed by atoms with Crippen LogP contribution in [0.25, 0.3) is 0 Å². The van der Waals surface area contributed by atoms with E-state index in [1.807, 2.05) is 0 Å². The fourth-order valence-corrected chi connectivity index (χ4v) is 1.61. The van der Waals surface area contributed by atoms with Crippen molar-refractivity contribution in [3.8, 4) is 0 Å². The Morgan fingerprint density at radius 2 is 2.15 bits per heavy atom. The first-order valence-electron chi connectivity index (χ1n) is 5.66. The number of primary amides is 1. The first-order valence-corrected chi connectivity index (χ1v) is 5.66. The van der Waals surface area contributed by atoms with Gasteiger partial charge >= 0.3 is 11.7 Å². The number of carboxylic acid groups (broad SMARTS) is 1. The van der Waals surface area contributed by atoms with E-state index < -0.39 is 28.1 Å². The molecular weight excluding hydrogens is 268 g/mol. The minimum absolute atomic E-state index is 0.141. The summed E-state index contributed by atoms with van der Waals surface area (Å²) in [5, 5.41) is 19.7. The molecule has 9 nitrogen and oxygen atoms in total. The summed E-state index contributed by atoms with van der Waals surface area (Å²) in [6, 6.07) is 0.877. The van der Waals surface area contributed by atoms with Crippen LogP contribution in [0, 0.1) is 10.1 Å². The van der Waals surface area contributed by atoms with Gasteiger partial charge in [0, 0.05) is 12.1 Å². The highest BCUT2D eigenvalue weighted by Crippen LogP contribution is 2.23. The number of nitro groups is 1. The van der Waals surface area contributed by atoms with E-state index >= 15 is 0 Å². The molecule has 0 aromatic carbocycles. The second-order valence-corrected chi connectivity index (χ2v) is 4.31. The number of anilines is 1. The molecule has 1 heterocycles. The molecule has 0 aliphatic carbocycles. The summed E-state index contributed by atoms with van der Waals surface area (Å²) in [5.74, 6) is -1.92. The number of nitrogens with two attached hydrogens (primary N) is 1. The molecule has 0 aliphatic rings. The Bertz CT molecular complexity index is 558. The second kappa shape index (κ2) is 5.95. The highest BCUT2D eigenvalue weighted by molar-refractivity contribution is 5.93. The van der Waals surface area contributed by atoms with Crippen LogP contribution < -0.4 is 10.6 Å². The first kappa shape index (κ1) is 15.3. The Hall–Kier alpha value is -2.71. The fraction of sp³-hybridized carbons (Fsp3) is 0.364. The molecular formula is C11H14N4O5. The van der Waals surface area contributed by atoms with E-state index in [1.165, 1.54) is 4.90 Å². The molecule has 0 aliphatic heterocycles. The van der Waals surface area contributed by atoms with Crippen LogP contribution in [-0.4, -0.2) is 39.5 Å². The summed E-state index contributed by atoms with van der Waals surface area (Å²) < 4.78 is 0. The topological polar surface area (TPSA) is 140 Å². The zero-order valence-electron chi connectivity index (χ0n) is 10.9. The number of carboxylic acids is 1. The van der Waals surface area contributed by atoms with E-state index in [0.29, 0.717) is 0 Å². The fourth-order valence-electron chi connectivity index (χ4n) is 1.61. The van der Waals surface area contributed by atoms with Crippen LogP contribution in [0.4, 0.5) is 11.5 Å². The first-order chi connectivity index (χ1) is 9.23. The molecule has 1 aromatic heterocycles. The van der Waals surface area contributed by atoms with Crippen LogP contribution >= 0.6 is 0 Å². The third kappa shape index (κ3) is 3.40. The number of rotatable bonds is 6. The molecule has 0 saturated heterocycles. The van der Waals surface area contributed by atoms with E-state index in [2.05, 4.69) is 4.98 Å². The molecule has 0 fully saturated rings. The third-order valence-corrected chi connectivity index (χ3v) is 2.54. The van der Waals surface area contributed by atoms with Crippen molar-refractivity contribution in [2.75, 3.05) is 11.4 Å². The number of pyridine rings is 1. The van der Waals surface area contributed by atoms with Gasteiger partial charge in [0.1, 0.15) is 17.6 Å². The summed E-state index contributed by atoms with van der Waals surface area (Å²) in [7, 11) is 0. The summed E-state index contributed by atoms with van der Waals surface area (Å²) in [6.45, 7) is 3.35. The molecule has 0 atom stereocenters. The molecule has 0 bridgehead atoms. The normalized spacial score (nSPS) is 10.3. The van der Waals surface area contributed by atoms with Gasteiger partial charge in [-0.15, -0.1) is 0 Å². The van der Waals surface area contributed by atoms with Gasteiger partial charge in [0.05, 0.1) is 11.5 Å². The van der Waals surface area contributed by atoms with E-state index in [4.69, 9.17) is 10.8 Å². The van der Waals surface area contributed by atoms with E-state index in [9.17, 15) is 19.7 Å². The molecule has 20 heavy (non-hydrogen) atoms. The number of hydrogen-bond donors (Lipinski definition) is 2. The molecule has 1 amide bonds. The monoisotopic (exact) mass is 282 g/mol. The lowest BCUT2D eigenvalue weighted by Crippen LogP contribution is -2.39. The molecule has 1 aromatic rings. The highest BCUT2D eigenvalue weighted by atomic mass is 16.6. The Morgan fingerprint density at radius 3 is 2.55 bits per heavy atom. The number of aromatic carboxylic acids is 1. The lowest BCUT2D eigenvalue weighted by molar-refractivity contribution is -0.385. The predicted octanol–water partition coefficient (Wildman–Crippen LogP) is 0.388. The quantitative estimate of drug-likeness (QED) is 0.568. The maximum absolute atomic E-state index is 11.1. The maximum atomic E-state index is 11.1. The number of carbonyl (C=O) groups is 2. The standard InChI is InChI=1S/C11H14N4O5/c1-6(2)14(5-9(12)16)10-3-7(11(17)18)8(4-13-10)15(19)20/h3-4,6H,5H2,1-2H3,(H2,12,16)(H,17,18). The SMILES string of the molecule is CC(C)N(CC(N)=O)c1cc(C(=O)O)c([N+](=O)[O-])cn1. The van der Waals surface area contributed by atoms with E-state index in [-0.39, 0.29) is 18.4 Å². The predicted molar refractivity (Wildman–Crippen MR) is 69.5 cm³/mol. The Balaban J connectivity index is 3.31. The third-order valence-electron chi connectivity index (χ3n) is 2.54. The maximum Gasteiger partial charge on any atom is 0.342 e. The van der Waals surface area contributed by atoms with Crippen molar-refractivity contribution < 1.29 is 19.6 Å². The molecule has 0 radical (unpaired) electrons. The van der Waals surface area contributed by atoms with Gasteiger partial charge in [0.15, 0.2) is 0 Å². The smallest absolute Gasteiger partial charge is 0.342 e. The Kier molecular flexibility index (Phi) is 4.57. The molecule has 108 valence electrons. The number of aromatic nitrogens is 1. The average molecular weight is 282 g/mol. The van der Waals surface area contributed by atoms with Gasteiger partial charge in [-0.25, -0.2) is 9.78 Å². The van der Waals surface area contributed by atoms with Gasteiger partial charge in [-0.1, -0.05) is 0 Å². The molecule has 0 saturated carbocycles. The van der Waals surface area contributed by atoms with Crippen molar-refractivity contribution in [1.29, 1.82) is 0 Å². The summed E-state index contributed by atoms with van der Waals surface area (Å²) >= 11 is 0. The van der Waals surface area contributed by atoms with Crippen LogP contribution in [0.15, 0.2) is 12.3 Å². The van der Waals surface area contributed by atoms with Gasteiger partial charge in [-0.3, -0.25) is 14.9 Å². The van der Waals surface area contributed by atoms with Crippen LogP contribution in [0.2, 0.25) is 0 Å². The number of nitrogens with zero attached hydrogens (tertiary/aromatic N) is 3. The summed E-state index contributed by atoms with van der Waals surface area (Å²) in [5.41, 5.74) is 4.01. The lowest BCUT2D eigenvalue weighted by atomic mass is 10.2. The van der Waals surface area contributed by atoms with E-state index in [1.54, 1.807) is 13.8 Å². The van der Waals surface area contributed by atoms with Crippen LogP contribution in [0.1, 0.15) is 24.2 Å². The zero-order valence-corrected chi connectivity index (χ0v) is 10.9. The molecule has 1 rings (SSSR count). The van der Waals surface area contributed by atoms with Crippen molar-refractivity contribution in [3.63, 3.8) is 0 Å². The highest BCUT2D eigenvalue weighted by Gasteiger charge is 2.24. The van der Waals surface area contributed by atoms with Crippen molar-refractivity contribution in [2.24, 2.45) is 5.73 Å². The van der Waals surface area contributed by atoms with Gasteiger partial charge in [-0.2, -0.15) is 0 Å². The van der Waals surface area contributed by atoms with Crippen LogP contribution in [-0.2, 0) is 4.79 Å². The van der Waals surface area contributed by atoms with Crippen molar-refractivity contribution >= 4 is 23.4 Å². The summed E-state index contributed by atoms with van der Waals surface area (Å²) in [4.78, 5) is 37.3. The van der Waals surface area contributed by atoms with Crippen molar-refractivity contribution in [3.05, 3.63) is 27.9 Å². The largest absolute Gasteiger partial charge is 0.477 e. The van der Waals surface area contributed by atoms with Gasteiger partial charge in [0.25, 0.3) is 0 Å². The summed E-state index contributed by atoms with van der Waals surface area (Å²) in [6.07, 6.45) is 0.856. The number of hydrogen-bond acceptors (Lipinski definition) is 6. The number of carbonyl (C=O) groups excluding carboxylic acids is 1. The average Bonchev–Trinajstić information content (AvgIpc) is 2.34. The Labute approximate surface area is 114 Å². The molecule has 3 N–H and O–H groups in total. The lowest BCUT2D eigenvalue weighted by Gasteiger charge is -2.26.